The second-order valence-corrected chi connectivity index (χ2v) is 6.30. The molecule has 0 bridgehead atoms. The fourth-order valence-electron chi connectivity index (χ4n) is 1.91. The zero-order valence-corrected chi connectivity index (χ0v) is 13.5. The lowest BCUT2D eigenvalue weighted by atomic mass is 10.2. The summed E-state index contributed by atoms with van der Waals surface area (Å²) >= 11 is 3.69. The van der Waals surface area contributed by atoms with Crippen LogP contribution in [0.1, 0.15) is 17.0 Å². The summed E-state index contributed by atoms with van der Waals surface area (Å²) in [6.07, 6.45) is -4.60. The number of nitrogens with one attached hydrogen (secondary N) is 1. The summed E-state index contributed by atoms with van der Waals surface area (Å²) < 4.78 is 55.1. The molecule has 0 amide bonds. The van der Waals surface area contributed by atoms with Gasteiger partial charge in [-0.2, -0.15) is 23.0 Å². The Labute approximate surface area is 133 Å². The largest absolute Gasteiger partial charge is 0.588 e. The summed E-state index contributed by atoms with van der Waals surface area (Å²) in [5.74, 6) is 0. The average molecular weight is 352 g/mol. The lowest BCUT2D eigenvalue weighted by Gasteiger charge is -2.14. The number of hydrogen-bond acceptors (Lipinski definition) is 3. The molecular formula is C13H13ClF3N3OS. The van der Waals surface area contributed by atoms with Crippen LogP contribution >= 0.6 is 11.6 Å². The van der Waals surface area contributed by atoms with Crippen LogP contribution in [-0.4, -0.2) is 14.3 Å². The lowest BCUT2D eigenvalue weighted by molar-refractivity contribution is -0.137. The fraction of sp³-hybridized carbons (Fsp3) is 0.308. The Morgan fingerprint density at radius 2 is 1.95 bits per heavy atom. The van der Waals surface area contributed by atoms with Crippen molar-refractivity contribution in [1.82, 2.24) is 9.78 Å². The molecule has 0 saturated heterocycles. The maximum atomic E-state index is 12.8. The number of aromatic nitrogens is 2. The van der Waals surface area contributed by atoms with Crippen molar-refractivity contribution < 1.29 is 17.7 Å². The van der Waals surface area contributed by atoms with E-state index in [1.54, 1.807) is 25.6 Å². The number of anilines is 1. The molecule has 1 heterocycles. The molecule has 0 radical (unpaired) electrons. The highest BCUT2D eigenvalue weighted by atomic mass is 35.5. The molecule has 4 nitrogen and oxygen atoms in total. The Kier molecular flexibility index (Phi) is 4.65. The molecule has 0 saturated carbocycles. The monoisotopic (exact) mass is 351 g/mol. The van der Waals surface area contributed by atoms with Gasteiger partial charge in [-0.1, -0.05) is 11.6 Å². The van der Waals surface area contributed by atoms with Gasteiger partial charge in [0, 0.05) is 13.1 Å². The van der Waals surface area contributed by atoms with Crippen LogP contribution < -0.4 is 4.72 Å². The van der Waals surface area contributed by atoms with Gasteiger partial charge in [-0.3, -0.25) is 4.68 Å². The lowest BCUT2D eigenvalue weighted by Crippen LogP contribution is -2.16. The van der Waals surface area contributed by atoms with E-state index in [1.165, 1.54) is 6.07 Å². The maximum absolute atomic E-state index is 12.8. The molecule has 1 aromatic carbocycles. The summed E-state index contributed by atoms with van der Waals surface area (Å²) in [6.45, 7) is 3.48. The minimum atomic E-state index is -4.60. The number of hydrogen-bond donors (Lipinski definition) is 1. The summed E-state index contributed by atoms with van der Waals surface area (Å²) in [4.78, 5) is -0.0145. The van der Waals surface area contributed by atoms with Crippen LogP contribution in [0.25, 0.3) is 0 Å². The molecule has 0 aliphatic rings. The van der Waals surface area contributed by atoms with Crippen molar-refractivity contribution in [3.8, 4) is 0 Å². The second kappa shape index (κ2) is 6.02. The Morgan fingerprint density at radius 1 is 1.32 bits per heavy atom. The van der Waals surface area contributed by atoms with Crippen LogP contribution in [0.3, 0.4) is 0 Å². The first-order chi connectivity index (χ1) is 10.1. The average Bonchev–Trinajstić information content (AvgIpc) is 2.64. The SMILES string of the molecule is Cc1nn(C)c(C)c1N[S+]([O-])c1ccc(Cl)c(C(F)(F)F)c1. The van der Waals surface area contributed by atoms with Crippen molar-refractivity contribution in [2.45, 2.75) is 24.9 Å². The van der Waals surface area contributed by atoms with E-state index >= 15 is 0 Å². The van der Waals surface area contributed by atoms with E-state index in [-0.39, 0.29) is 4.90 Å². The molecule has 1 atom stereocenters. The highest BCUT2D eigenvalue weighted by Crippen LogP contribution is 2.36. The van der Waals surface area contributed by atoms with Gasteiger partial charge in [-0.25, -0.2) is 0 Å². The standard InChI is InChI=1S/C13H13ClF3N3OS/c1-7-12(8(2)20(3)18-7)19-22(21)9-4-5-11(14)10(6-9)13(15,16)17/h4-6,19H,1-3H3. The van der Waals surface area contributed by atoms with Gasteiger partial charge in [0.15, 0.2) is 4.90 Å². The Hall–Kier alpha value is -1.38. The molecule has 0 fully saturated rings. The van der Waals surface area contributed by atoms with Crippen LogP contribution in [0.15, 0.2) is 23.1 Å². The number of aryl methyl sites for hydroxylation is 2. The zero-order valence-electron chi connectivity index (χ0n) is 12.0. The molecule has 2 rings (SSSR count). The molecule has 120 valence electrons. The first-order valence-electron chi connectivity index (χ1n) is 6.16. The first-order valence-corrected chi connectivity index (χ1v) is 7.69. The molecule has 0 aliphatic carbocycles. The summed E-state index contributed by atoms with van der Waals surface area (Å²) in [7, 11) is 1.72. The molecule has 22 heavy (non-hydrogen) atoms. The zero-order chi connectivity index (χ0) is 16.7. The van der Waals surface area contributed by atoms with E-state index in [2.05, 4.69) is 9.82 Å². The number of benzene rings is 1. The van der Waals surface area contributed by atoms with E-state index < -0.39 is 28.1 Å². The maximum Gasteiger partial charge on any atom is 0.418 e. The van der Waals surface area contributed by atoms with Crippen molar-refractivity contribution in [3.63, 3.8) is 0 Å². The van der Waals surface area contributed by atoms with E-state index in [9.17, 15) is 17.7 Å². The quantitative estimate of drug-likeness (QED) is 0.855. The van der Waals surface area contributed by atoms with Crippen LogP contribution in [0, 0.1) is 13.8 Å². The minimum Gasteiger partial charge on any atom is -0.588 e. The van der Waals surface area contributed by atoms with E-state index in [0.29, 0.717) is 11.4 Å². The molecular weight excluding hydrogens is 339 g/mol. The van der Waals surface area contributed by atoms with Gasteiger partial charge in [0.1, 0.15) is 17.0 Å². The van der Waals surface area contributed by atoms with Crippen molar-refractivity contribution in [2.75, 3.05) is 4.72 Å². The van der Waals surface area contributed by atoms with Gasteiger partial charge in [0.2, 0.25) is 0 Å². The summed E-state index contributed by atoms with van der Waals surface area (Å²) in [6, 6.07) is 3.16. The second-order valence-electron chi connectivity index (χ2n) is 4.68. The minimum absolute atomic E-state index is 0.0145. The third-order valence-corrected chi connectivity index (χ3v) is 4.56. The van der Waals surface area contributed by atoms with Gasteiger partial charge in [0.25, 0.3) is 0 Å². The van der Waals surface area contributed by atoms with Crippen LogP contribution in [0.4, 0.5) is 18.9 Å². The number of nitrogens with zero attached hydrogens (tertiary/aromatic N) is 2. The Morgan fingerprint density at radius 3 is 2.45 bits per heavy atom. The predicted octanol–water partition coefficient (Wildman–Crippen LogP) is 3.84. The van der Waals surface area contributed by atoms with Crippen molar-refractivity contribution in [2.24, 2.45) is 7.05 Å². The topological polar surface area (TPSA) is 52.9 Å². The van der Waals surface area contributed by atoms with Crippen LogP contribution in [0.2, 0.25) is 5.02 Å². The first kappa shape index (κ1) is 17.0. The fourth-order valence-corrected chi connectivity index (χ4v) is 3.15. The van der Waals surface area contributed by atoms with Gasteiger partial charge < -0.3 is 4.55 Å². The Balaban J connectivity index is 2.32. The Bertz CT molecular complexity index is 703. The molecule has 0 aliphatic heterocycles. The van der Waals surface area contributed by atoms with Crippen LogP contribution in [0.5, 0.6) is 0 Å². The smallest absolute Gasteiger partial charge is 0.418 e. The third kappa shape index (κ3) is 3.34. The van der Waals surface area contributed by atoms with Gasteiger partial charge in [0.05, 0.1) is 22.0 Å². The predicted molar refractivity (Wildman–Crippen MR) is 79.2 cm³/mol. The highest BCUT2D eigenvalue weighted by molar-refractivity contribution is 7.92. The van der Waals surface area contributed by atoms with Crippen LogP contribution in [-0.2, 0) is 24.6 Å². The molecule has 9 heteroatoms. The van der Waals surface area contributed by atoms with E-state index in [0.717, 1.165) is 17.8 Å². The molecule has 1 unspecified atom stereocenters. The molecule has 1 N–H and O–H groups in total. The summed E-state index contributed by atoms with van der Waals surface area (Å²) in [5.41, 5.74) is 0.861. The molecule has 2 aromatic rings. The third-order valence-electron chi connectivity index (χ3n) is 3.16. The highest BCUT2D eigenvalue weighted by Gasteiger charge is 2.34. The van der Waals surface area contributed by atoms with Gasteiger partial charge in [-0.15, -0.1) is 0 Å². The normalized spacial score (nSPS) is 13.3. The van der Waals surface area contributed by atoms with E-state index in [4.69, 9.17) is 11.6 Å². The van der Waals surface area contributed by atoms with Gasteiger partial charge in [-0.05, 0) is 26.0 Å². The number of rotatable bonds is 3. The van der Waals surface area contributed by atoms with Crippen molar-refractivity contribution >= 4 is 28.7 Å². The van der Waals surface area contributed by atoms with E-state index in [1.807, 2.05) is 0 Å². The van der Waals surface area contributed by atoms with Crippen molar-refractivity contribution in [3.05, 3.63) is 40.2 Å². The number of halogens is 4. The number of alkyl halides is 3. The van der Waals surface area contributed by atoms with Gasteiger partial charge >= 0.3 is 6.18 Å². The molecule has 1 aromatic heterocycles. The molecule has 0 spiro atoms. The van der Waals surface area contributed by atoms with Crippen molar-refractivity contribution in [1.29, 1.82) is 0 Å². The summed E-state index contributed by atoms with van der Waals surface area (Å²) in [5, 5.41) is 3.72.